The number of amides is 1. The molecule has 2 aromatic rings. The van der Waals surface area contributed by atoms with E-state index in [1.165, 1.54) is 22.8 Å². The van der Waals surface area contributed by atoms with Gasteiger partial charge in [0, 0.05) is 37.3 Å². The molecule has 1 atom stereocenters. The Morgan fingerprint density at radius 1 is 1.28 bits per heavy atom. The van der Waals surface area contributed by atoms with Crippen molar-refractivity contribution in [1.29, 1.82) is 0 Å². The maximum absolute atomic E-state index is 12.8. The van der Waals surface area contributed by atoms with Gasteiger partial charge in [0.1, 0.15) is 9.96 Å². The third-order valence-corrected chi connectivity index (χ3v) is 8.71. The molecule has 0 radical (unpaired) electrons. The smallest absolute Gasteiger partial charge is 0.252 e. The number of nitrogens with zero attached hydrogens (tertiary/aromatic N) is 2. The molecule has 1 aromatic heterocycles. The predicted molar refractivity (Wildman–Crippen MR) is 115 cm³/mol. The highest BCUT2D eigenvalue weighted by Gasteiger charge is 2.32. The van der Waals surface area contributed by atoms with Crippen LogP contribution in [0.2, 0.25) is 5.02 Å². The number of aryl methyl sites for hydroxylation is 1. The summed E-state index contributed by atoms with van der Waals surface area (Å²) in [5, 5.41) is 5.21. The van der Waals surface area contributed by atoms with Gasteiger partial charge in [-0.05, 0) is 36.9 Å². The van der Waals surface area contributed by atoms with E-state index in [2.05, 4.69) is 5.32 Å². The van der Waals surface area contributed by atoms with Crippen LogP contribution in [0.3, 0.4) is 0 Å². The molecule has 10 heteroatoms. The van der Waals surface area contributed by atoms with E-state index in [1.807, 2.05) is 18.7 Å². The van der Waals surface area contributed by atoms with E-state index >= 15 is 0 Å². The van der Waals surface area contributed by atoms with Gasteiger partial charge in [0.25, 0.3) is 10.0 Å². The highest BCUT2D eigenvalue weighted by molar-refractivity contribution is 7.91. The van der Waals surface area contributed by atoms with Crippen LogP contribution in [0.1, 0.15) is 12.5 Å². The number of ether oxygens (including phenoxy) is 1. The molecule has 1 fully saturated rings. The van der Waals surface area contributed by atoms with Crippen LogP contribution < -0.4 is 10.1 Å². The van der Waals surface area contributed by atoms with Crippen molar-refractivity contribution in [2.75, 3.05) is 38.6 Å². The maximum atomic E-state index is 12.8. The first-order valence-electron chi connectivity index (χ1n) is 9.16. The normalized spacial score (nSPS) is 17.1. The molecule has 2 heterocycles. The summed E-state index contributed by atoms with van der Waals surface area (Å²) in [6.07, 6.45) is 0. The molecule has 1 unspecified atom stereocenters. The fourth-order valence-corrected chi connectivity index (χ4v) is 5.92. The average molecular weight is 458 g/mol. The van der Waals surface area contributed by atoms with E-state index in [0.717, 1.165) is 5.56 Å². The zero-order chi connectivity index (χ0) is 21.2. The minimum Gasteiger partial charge on any atom is -0.495 e. The third-order valence-electron chi connectivity index (χ3n) is 5.03. The minimum absolute atomic E-state index is 0.181. The first-order valence-corrected chi connectivity index (χ1v) is 11.9. The van der Waals surface area contributed by atoms with Gasteiger partial charge in [-0.15, -0.1) is 11.3 Å². The van der Waals surface area contributed by atoms with Crippen molar-refractivity contribution in [2.24, 2.45) is 0 Å². The Labute approximate surface area is 180 Å². The average Bonchev–Trinajstić information content (AvgIpc) is 3.26. The van der Waals surface area contributed by atoms with Crippen LogP contribution in [0.15, 0.2) is 33.9 Å². The number of hydrogen-bond donors (Lipinski definition) is 1. The molecule has 0 aliphatic carbocycles. The number of sulfonamides is 1. The number of methoxy groups -OCH3 is 1. The molecule has 1 aliphatic heterocycles. The van der Waals surface area contributed by atoms with E-state index < -0.39 is 16.1 Å². The lowest BCUT2D eigenvalue weighted by molar-refractivity contribution is -0.121. The minimum atomic E-state index is -3.46. The molecule has 0 spiro atoms. The van der Waals surface area contributed by atoms with Crippen LogP contribution >= 0.6 is 22.9 Å². The third kappa shape index (κ3) is 4.75. The number of anilines is 1. The highest BCUT2D eigenvalue weighted by atomic mass is 35.5. The molecule has 1 aromatic carbocycles. The van der Waals surface area contributed by atoms with Gasteiger partial charge in [-0.1, -0.05) is 17.7 Å². The number of carbonyl (C=O) groups is 1. The molecule has 1 saturated heterocycles. The molecule has 1 aliphatic rings. The molecule has 29 heavy (non-hydrogen) atoms. The van der Waals surface area contributed by atoms with Crippen molar-refractivity contribution in [2.45, 2.75) is 24.1 Å². The number of piperazine rings is 1. The second kappa shape index (κ2) is 9.01. The fraction of sp³-hybridized carbons (Fsp3) is 0.421. The summed E-state index contributed by atoms with van der Waals surface area (Å²) in [5.74, 6) is 0.313. The molecule has 7 nitrogen and oxygen atoms in total. The zero-order valence-electron chi connectivity index (χ0n) is 16.5. The maximum Gasteiger partial charge on any atom is 0.252 e. The van der Waals surface area contributed by atoms with E-state index in [0.29, 0.717) is 46.8 Å². The van der Waals surface area contributed by atoms with E-state index in [1.54, 1.807) is 29.6 Å². The monoisotopic (exact) mass is 457 g/mol. The van der Waals surface area contributed by atoms with Crippen molar-refractivity contribution in [1.82, 2.24) is 9.21 Å². The second-order valence-corrected chi connectivity index (χ2v) is 10.4. The first kappa shape index (κ1) is 22.0. The number of halogens is 1. The van der Waals surface area contributed by atoms with Crippen LogP contribution in [0, 0.1) is 6.92 Å². The molecule has 3 rings (SSSR count). The number of nitrogens with one attached hydrogen (secondary N) is 1. The lowest BCUT2D eigenvalue weighted by atomic mass is 10.1. The van der Waals surface area contributed by atoms with Crippen molar-refractivity contribution >= 4 is 44.6 Å². The van der Waals surface area contributed by atoms with E-state index in [9.17, 15) is 13.2 Å². The van der Waals surface area contributed by atoms with Crippen LogP contribution in [-0.4, -0.2) is 62.9 Å². The summed E-state index contributed by atoms with van der Waals surface area (Å²) in [4.78, 5) is 14.7. The number of thiophene rings is 1. The Bertz CT molecular complexity index is 972. The summed E-state index contributed by atoms with van der Waals surface area (Å²) < 4.78 is 32.4. The quantitative estimate of drug-likeness (QED) is 0.721. The lowest BCUT2D eigenvalue weighted by Crippen LogP contribution is -2.53. The summed E-state index contributed by atoms with van der Waals surface area (Å²) in [5.41, 5.74) is 1.40. The number of hydrogen-bond acceptors (Lipinski definition) is 6. The van der Waals surface area contributed by atoms with Crippen LogP contribution in [0.5, 0.6) is 5.75 Å². The van der Waals surface area contributed by atoms with Crippen molar-refractivity contribution in [3.63, 3.8) is 0 Å². The Balaban J connectivity index is 1.63. The van der Waals surface area contributed by atoms with Gasteiger partial charge in [-0.2, -0.15) is 4.31 Å². The molecule has 0 bridgehead atoms. The summed E-state index contributed by atoms with van der Waals surface area (Å²) in [7, 11) is -1.94. The van der Waals surface area contributed by atoms with E-state index in [4.69, 9.17) is 16.3 Å². The Kier molecular flexibility index (Phi) is 6.85. The van der Waals surface area contributed by atoms with Crippen molar-refractivity contribution in [3.05, 3.63) is 40.2 Å². The van der Waals surface area contributed by atoms with Gasteiger partial charge in [-0.3, -0.25) is 9.69 Å². The molecule has 1 amide bonds. The van der Waals surface area contributed by atoms with Gasteiger partial charge in [0.15, 0.2) is 0 Å². The van der Waals surface area contributed by atoms with Crippen molar-refractivity contribution < 1.29 is 17.9 Å². The second-order valence-electron chi connectivity index (χ2n) is 6.84. The topological polar surface area (TPSA) is 79.0 Å². The summed E-state index contributed by atoms with van der Waals surface area (Å²) in [6, 6.07) is 6.38. The summed E-state index contributed by atoms with van der Waals surface area (Å²) in [6.45, 7) is 5.33. The molecule has 1 N–H and O–H groups in total. The zero-order valence-corrected chi connectivity index (χ0v) is 18.9. The van der Waals surface area contributed by atoms with Gasteiger partial charge in [0.05, 0.1) is 18.8 Å². The Hall–Kier alpha value is -1.65. The first-order chi connectivity index (χ1) is 13.7. The highest BCUT2D eigenvalue weighted by Crippen LogP contribution is 2.31. The van der Waals surface area contributed by atoms with Gasteiger partial charge in [-0.25, -0.2) is 8.42 Å². The SMILES string of the molecule is COc1cc(Cl)c(C)cc1NC(=O)C(C)N1CCN(S(=O)(=O)c2cccs2)CC1. The largest absolute Gasteiger partial charge is 0.495 e. The van der Waals surface area contributed by atoms with Gasteiger partial charge >= 0.3 is 0 Å². The van der Waals surface area contributed by atoms with Crippen LogP contribution in [0.25, 0.3) is 0 Å². The molecule has 0 saturated carbocycles. The lowest BCUT2D eigenvalue weighted by Gasteiger charge is -2.36. The van der Waals surface area contributed by atoms with Crippen LogP contribution in [0.4, 0.5) is 5.69 Å². The van der Waals surface area contributed by atoms with E-state index in [-0.39, 0.29) is 5.91 Å². The number of carbonyl (C=O) groups excluding carboxylic acids is 1. The number of benzene rings is 1. The fourth-order valence-electron chi connectivity index (χ4n) is 3.20. The molecular weight excluding hydrogens is 434 g/mol. The van der Waals surface area contributed by atoms with Gasteiger partial charge in [0.2, 0.25) is 5.91 Å². The molecule has 158 valence electrons. The predicted octanol–water partition coefficient (Wildman–Crippen LogP) is 3.05. The van der Waals surface area contributed by atoms with Gasteiger partial charge < -0.3 is 10.1 Å². The molecular formula is C19H24ClN3O4S2. The Morgan fingerprint density at radius 3 is 2.55 bits per heavy atom. The van der Waals surface area contributed by atoms with Crippen LogP contribution in [-0.2, 0) is 14.8 Å². The Morgan fingerprint density at radius 2 is 1.97 bits per heavy atom. The summed E-state index contributed by atoms with van der Waals surface area (Å²) >= 11 is 7.33. The van der Waals surface area contributed by atoms with Crippen molar-refractivity contribution in [3.8, 4) is 5.75 Å². The number of rotatable bonds is 6. The standard InChI is InChI=1S/C19H24ClN3O4S2/c1-13-11-16(17(27-3)12-15(13)20)21-19(24)14(2)22-6-8-23(9-7-22)29(25,26)18-5-4-10-28-18/h4-5,10-12,14H,6-9H2,1-3H3,(H,21,24).